The zero-order valence-corrected chi connectivity index (χ0v) is 16.1. The molecule has 140 valence electrons. The Labute approximate surface area is 157 Å². The smallest absolute Gasteiger partial charge is 0.306 e. The summed E-state index contributed by atoms with van der Waals surface area (Å²) in [7, 11) is 0. The third kappa shape index (κ3) is 4.87. The molecule has 0 aliphatic heterocycles. The van der Waals surface area contributed by atoms with Gasteiger partial charge in [0.05, 0.1) is 0 Å². The third-order valence-electron chi connectivity index (χ3n) is 5.69. The molecule has 2 aromatic carbocycles. The van der Waals surface area contributed by atoms with Crippen LogP contribution < -0.4 is 0 Å². The molecule has 0 spiro atoms. The van der Waals surface area contributed by atoms with Crippen LogP contribution in [-0.2, 0) is 9.53 Å². The van der Waals surface area contributed by atoms with Crippen molar-refractivity contribution in [1.29, 1.82) is 0 Å². The number of hydrogen-bond acceptors (Lipinski definition) is 2. The van der Waals surface area contributed by atoms with Crippen molar-refractivity contribution in [2.75, 3.05) is 0 Å². The quantitative estimate of drug-likeness (QED) is 0.387. The summed E-state index contributed by atoms with van der Waals surface area (Å²) < 4.78 is 5.97. The van der Waals surface area contributed by atoms with Gasteiger partial charge < -0.3 is 4.74 Å². The van der Waals surface area contributed by atoms with Crippen molar-refractivity contribution in [3.8, 4) is 0 Å². The van der Waals surface area contributed by atoms with E-state index in [4.69, 9.17) is 4.74 Å². The highest BCUT2D eigenvalue weighted by Gasteiger charge is 2.30. The maximum absolute atomic E-state index is 12.4. The fourth-order valence-corrected chi connectivity index (χ4v) is 4.27. The number of carbonyl (C=O) groups is 1. The minimum absolute atomic E-state index is 0.00126. The van der Waals surface area contributed by atoms with E-state index in [2.05, 4.69) is 49.4 Å². The van der Waals surface area contributed by atoms with Gasteiger partial charge in [-0.05, 0) is 42.0 Å². The Hall–Kier alpha value is -1.83. The Bertz CT molecular complexity index is 701. The topological polar surface area (TPSA) is 26.3 Å². The summed E-state index contributed by atoms with van der Waals surface area (Å²) in [6, 6.07) is 15.1. The largest absolute Gasteiger partial charge is 0.462 e. The fraction of sp³-hybridized carbons (Fsp3) is 0.542. The van der Waals surface area contributed by atoms with Gasteiger partial charge in [0.25, 0.3) is 0 Å². The molecule has 2 nitrogen and oxygen atoms in total. The molecule has 0 aromatic heterocycles. The highest BCUT2D eigenvalue weighted by Crippen LogP contribution is 2.38. The van der Waals surface area contributed by atoms with E-state index in [9.17, 15) is 4.79 Å². The summed E-state index contributed by atoms with van der Waals surface area (Å²) in [6.07, 6.45) is 10.9. The normalized spacial score (nSPS) is 20.2. The van der Waals surface area contributed by atoms with Crippen molar-refractivity contribution >= 4 is 16.7 Å². The van der Waals surface area contributed by atoms with Gasteiger partial charge in [0, 0.05) is 12.3 Å². The predicted molar refractivity (Wildman–Crippen MR) is 108 cm³/mol. The molecule has 0 bridgehead atoms. The molecule has 26 heavy (non-hydrogen) atoms. The van der Waals surface area contributed by atoms with Crippen molar-refractivity contribution in [1.82, 2.24) is 0 Å². The lowest BCUT2D eigenvalue weighted by Crippen LogP contribution is -2.28. The standard InChI is InChI=1S/C24H32O2/c1-2-3-4-5-6-18-24(25)26-23-17-10-9-15-22(23)21-16-11-13-19-12-7-8-14-20(19)21/h7-8,11-14,16,22-23H,2-6,9-10,15,17-18H2,1H3/t22-,23-/m1/s1. The van der Waals surface area contributed by atoms with Crippen LogP contribution in [0.5, 0.6) is 0 Å². The summed E-state index contributed by atoms with van der Waals surface area (Å²) in [4.78, 5) is 12.4. The molecule has 1 fully saturated rings. The number of carbonyl (C=O) groups excluding carboxylic acids is 1. The van der Waals surface area contributed by atoms with E-state index in [-0.39, 0.29) is 12.1 Å². The summed E-state index contributed by atoms with van der Waals surface area (Å²) >= 11 is 0. The van der Waals surface area contributed by atoms with Gasteiger partial charge in [-0.2, -0.15) is 0 Å². The van der Waals surface area contributed by atoms with Gasteiger partial charge in [-0.25, -0.2) is 0 Å². The van der Waals surface area contributed by atoms with Crippen LogP contribution in [0.2, 0.25) is 0 Å². The van der Waals surface area contributed by atoms with Crippen molar-refractivity contribution in [2.45, 2.75) is 83.2 Å². The van der Waals surface area contributed by atoms with E-state index in [1.165, 1.54) is 42.0 Å². The van der Waals surface area contributed by atoms with Crippen LogP contribution in [-0.4, -0.2) is 12.1 Å². The number of esters is 1. The average Bonchev–Trinajstić information content (AvgIpc) is 2.68. The Morgan fingerprint density at radius 1 is 0.962 bits per heavy atom. The first kappa shape index (κ1) is 18.9. The Morgan fingerprint density at radius 3 is 2.62 bits per heavy atom. The second kappa shape index (κ2) is 9.75. The molecule has 0 saturated heterocycles. The highest BCUT2D eigenvalue weighted by atomic mass is 16.5. The van der Waals surface area contributed by atoms with Gasteiger partial charge in [-0.15, -0.1) is 0 Å². The van der Waals surface area contributed by atoms with E-state index in [0.29, 0.717) is 12.3 Å². The summed E-state index contributed by atoms with van der Waals surface area (Å²) in [5.74, 6) is 0.331. The number of fused-ring (bicyclic) bond motifs is 1. The first-order chi connectivity index (χ1) is 12.8. The number of hydrogen-bond donors (Lipinski definition) is 0. The van der Waals surface area contributed by atoms with Crippen LogP contribution >= 0.6 is 0 Å². The SMILES string of the molecule is CCCCCCCC(=O)O[C@@H]1CCCC[C@@H]1c1cccc2ccccc12. The zero-order valence-electron chi connectivity index (χ0n) is 16.1. The van der Waals surface area contributed by atoms with E-state index in [1.807, 2.05) is 0 Å². The predicted octanol–water partition coefficient (Wildman–Crippen LogP) is 6.77. The summed E-state index contributed by atoms with van der Waals surface area (Å²) in [5, 5.41) is 2.58. The third-order valence-corrected chi connectivity index (χ3v) is 5.69. The van der Waals surface area contributed by atoms with Gasteiger partial charge in [0.2, 0.25) is 0 Å². The number of rotatable bonds is 8. The number of benzene rings is 2. The van der Waals surface area contributed by atoms with E-state index in [1.54, 1.807) is 0 Å². The Balaban J connectivity index is 1.65. The minimum atomic E-state index is -0.00126. The molecule has 1 aliphatic rings. The lowest BCUT2D eigenvalue weighted by molar-refractivity contribution is -0.151. The molecule has 0 N–H and O–H groups in total. The molecule has 1 aliphatic carbocycles. The van der Waals surface area contributed by atoms with Gasteiger partial charge in [-0.1, -0.05) is 81.5 Å². The Kier molecular flexibility index (Phi) is 7.11. The molecule has 0 unspecified atom stereocenters. The average molecular weight is 353 g/mol. The van der Waals surface area contributed by atoms with Crippen LogP contribution in [0.1, 0.15) is 82.6 Å². The number of ether oxygens (including phenoxy) is 1. The lowest BCUT2D eigenvalue weighted by atomic mass is 9.80. The second-order valence-electron chi connectivity index (χ2n) is 7.65. The van der Waals surface area contributed by atoms with E-state index < -0.39 is 0 Å². The van der Waals surface area contributed by atoms with Gasteiger partial charge in [0.1, 0.15) is 6.10 Å². The summed E-state index contributed by atoms with van der Waals surface area (Å²) in [6.45, 7) is 2.21. The van der Waals surface area contributed by atoms with Gasteiger partial charge >= 0.3 is 5.97 Å². The molecular formula is C24H32O2. The molecule has 2 aromatic rings. The first-order valence-electron chi connectivity index (χ1n) is 10.5. The molecule has 0 heterocycles. The first-order valence-corrected chi connectivity index (χ1v) is 10.5. The van der Waals surface area contributed by atoms with E-state index >= 15 is 0 Å². The zero-order chi connectivity index (χ0) is 18.2. The van der Waals surface area contributed by atoms with Crippen molar-refractivity contribution in [3.05, 3.63) is 48.0 Å². The maximum Gasteiger partial charge on any atom is 0.306 e. The van der Waals surface area contributed by atoms with Crippen LogP contribution in [0.4, 0.5) is 0 Å². The molecule has 0 amide bonds. The monoisotopic (exact) mass is 352 g/mol. The molecule has 0 radical (unpaired) electrons. The van der Waals surface area contributed by atoms with Crippen molar-refractivity contribution in [2.24, 2.45) is 0 Å². The lowest BCUT2D eigenvalue weighted by Gasteiger charge is -2.32. The minimum Gasteiger partial charge on any atom is -0.462 e. The molecule has 2 heteroatoms. The van der Waals surface area contributed by atoms with Crippen LogP contribution in [0.25, 0.3) is 10.8 Å². The molecule has 1 saturated carbocycles. The second-order valence-corrected chi connectivity index (χ2v) is 7.65. The number of unbranched alkanes of at least 4 members (excludes halogenated alkanes) is 4. The van der Waals surface area contributed by atoms with E-state index in [0.717, 1.165) is 32.1 Å². The summed E-state index contributed by atoms with van der Waals surface area (Å²) in [5.41, 5.74) is 1.35. The maximum atomic E-state index is 12.4. The molecule has 2 atom stereocenters. The highest BCUT2D eigenvalue weighted by molar-refractivity contribution is 5.86. The van der Waals surface area contributed by atoms with Crippen molar-refractivity contribution in [3.63, 3.8) is 0 Å². The van der Waals surface area contributed by atoms with Gasteiger partial charge in [-0.3, -0.25) is 4.79 Å². The van der Waals surface area contributed by atoms with Crippen LogP contribution in [0.3, 0.4) is 0 Å². The Morgan fingerprint density at radius 2 is 1.73 bits per heavy atom. The van der Waals surface area contributed by atoms with Crippen LogP contribution in [0.15, 0.2) is 42.5 Å². The van der Waals surface area contributed by atoms with Gasteiger partial charge in [0.15, 0.2) is 0 Å². The molecule has 3 rings (SSSR count). The fourth-order valence-electron chi connectivity index (χ4n) is 4.27. The molecular weight excluding hydrogens is 320 g/mol. The van der Waals surface area contributed by atoms with Crippen LogP contribution in [0, 0.1) is 0 Å². The van der Waals surface area contributed by atoms with Crippen molar-refractivity contribution < 1.29 is 9.53 Å².